The third-order valence-electron chi connectivity index (χ3n) is 4.39. The fourth-order valence-corrected chi connectivity index (χ4v) is 3.10. The number of anilines is 1. The average Bonchev–Trinajstić information content (AvgIpc) is 2.71. The van der Waals surface area contributed by atoms with Crippen LogP contribution in [0.5, 0.6) is 0 Å². The second-order valence-electron chi connectivity index (χ2n) is 7.99. The summed E-state index contributed by atoms with van der Waals surface area (Å²) in [6.07, 6.45) is 0. The van der Waals surface area contributed by atoms with Gasteiger partial charge in [0.25, 0.3) is 5.91 Å². The molecular formula is C25H23F2NO3. The Kier molecular flexibility index (Phi) is 6.49. The van der Waals surface area contributed by atoms with E-state index in [0.717, 1.165) is 28.2 Å². The summed E-state index contributed by atoms with van der Waals surface area (Å²) in [7, 11) is 0. The van der Waals surface area contributed by atoms with Crippen molar-refractivity contribution in [2.75, 3.05) is 11.4 Å². The maximum Gasteiger partial charge on any atom is 0.326 e. The Morgan fingerprint density at radius 2 is 1.42 bits per heavy atom. The average molecular weight is 423 g/mol. The van der Waals surface area contributed by atoms with Crippen LogP contribution in [0.3, 0.4) is 0 Å². The minimum Gasteiger partial charge on any atom is -0.459 e. The largest absolute Gasteiger partial charge is 0.459 e. The molecular weight excluding hydrogens is 400 g/mol. The lowest BCUT2D eigenvalue weighted by atomic mass is 10.0. The molecule has 1 amide bonds. The summed E-state index contributed by atoms with van der Waals surface area (Å²) in [5, 5.41) is 0. The number of amides is 1. The van der Waals surface area contributed by atoms with Crippen LogP contribution in [0.4, 0.5) is 14.5 Å². The van der Waals surface area contributed by atoms with Gasteiger partial charge in [0.15, 0.2) is 0 Å². The van der Waals surface area contributed by atoms with Crippen LogP contribution in [0.1, 0.15) is 31.1 Å². The van der Waals surface area contributed by atoms with Gasteiger partial charge in [-0.05, 0) is 56.2 Å². The van der Waals surface area contributed by atoms with Crippen LogP contribution in [-0.2, 0) is 9.53 Å². The summed E-state index contributed by atoms with van der Waals surface area (Å²) in [6, 6.07) is 19.5. The van der Waals surface area contributed by atoms with Crippen molar-refractivity contribution in [2.45, 2.75) is 26.4 Å². The highest BCUT2D eigenvalue weighted by Crippen LogP contribution is 2.27. The van der Waals surface area contributed by atoms with E-state index in [1.807, 2.05) is 36.4 Å². The van der Waals surface area contributed by atoms with Crippen LogP contribution >= 0.6 is 0 Å². The van der Waals surface area contributed by atoms with Crippen molar-refractivity contribution >= 4 is 17.6 Å². The number of hydrogen-bond donors (Lipinski definition) is 0. The van der Waals surface area contributed by atoms with Crippen molar-refractivity contribution < 1.29 is 23.1 Å². The number of esters is 1. The zero-order valence-electron chi connectivity index (χ0n) is 17.6. The quantitative estimate of drug-likeness (QED) is 0.501. The lowest BCUT2D eigenvalue weighted by Gasteiger charge is -2.26. The van der Waals surface area contributed by atoms with Crippen molar-refractivity contribution in [1.29, 1.82) is 0 Å². The molecule has 0 radical (unpaired) electrons. The van der Waals surface area contributed by atoms with E-state index in [9.17, 15) is 18.4 Å². The summed E-state index contributed by atoms with van der Waals surface area (Å²) in [6.45, 7) is 4.60. The van der Waals surface area contributed by atoms with E-state index in [1.165, 1.54) is 6.07 Å². The van der Waals surface area contributed by atoms with Gasteiger partial charge in [-0.15, -0.1) is 0 Å². The van der Waals surface area contributed by atoms with E-state index < -0.39 is 41.2 Å². The van der Waals surface area contributed by atoms with Crippen LogP contribution in [0.15, 0.2) is 72.8 Å². The van der Waals surface area contributed by atoms with E-state index in [0.29, 0.717) is 5.69 Å². The van der Waals surface area contributed by atoms with E-state index in [4.69, 9.17) is 4.74 Å². The summed E-state index contributed by atoms with van der Waals surface area (Å²) in [4.78, 5) is 26.7. The minimum absolute atomic E-state index is 0.319. The van der Waals surface area contributed by atoms with Crippen LogP contribution in [0.2, 0.25) is 0 Å². The monoisotopic (exact) mass is 423 g/mol. The van der Waals surface area contributed by atoms with E-state index >= 15 is 0 Å². The Balaban J connectivity index is 2.04. The Bertz CT molecular complexity index is 1070. The van der Waals surface area contributed by atoms with Gasteiger partial charge in [0.2, 0.25) is 0 Å². The molecule has 0 aliphatic rings. The third-order valence-corrected chi connectivity index (χ3v) is 4.39. The highest BCUT2D eigenvalue weighted by atomic mass is 19.1. The maximum atomic E-state index is 14.3. The fourth-order valence-electron chi connectivity index (χ4n) is 3.10. The van der Waals surface area contributed by atoms with Crippen LogP contribution < -0.4 is 4.90 Å². The van der Waals surface area contributed by atoms with E-state index in [2.05, 4.69) is 0 Å². The SMILES string of the molecule is CC(C)(C)OC(=O)CN(C(=O)c1c(F)cccc1F)c1cccc(-c2ccccc2)c1. The number of hydrogen-bond acceptors (Lipinski definition) is 3. The number of carbonyl (C=O) groups excluding carboxylic acids is 2. The molecule has 0 aliphatic carbocycles. The second kappa shape index (κ2) is 9.08. The van der Waals surface area contributed by atoms with Crippen molar-refractivity contribution in [3.63, 3.8) is 0 Å². The smallest absolute Gasteiger partial charge is 0.326 e. The first-order valence-corrected chi connectivity index (χ1v) is 9.79. The molecule has 3 rings (SSSR count). The normalized spacial score (nSPS) is 11.1. The lowest BCUT2D eigenvalue weighted by molar-refractivity contribution is -0.152. The molecule has 3 aromatic carbocycles. The molecule has 31 heavy (non-hydrogen) atoms. The molecule has 0 atom stereocenters. The Morgan fingerprint density at radius 1 is 0.839 bits per heavy atom. The van der Waals surface area contributed by atoms with Gasteiger partial charge in [-0.3, -0.25) is 14.5 Å². The van der Waals surface area contributed by atoms with Crippen molar-refractivity contribution in [1.82, 2.24) is 0 Å². The molecule has 0 saturated carbocycles. The summed E-state index contributed by atoms with van der Waals surface area (Å²) in [5.41, 5.74) is 0.497. The zero-order chi connectivity index (χ0) is 22.6. The Morgan fingerprint density at radius 3 is 2.03 bits per heavy atom. The highest BCUT2D eigenvalue weighted by molar-refractivity contribution is 6.08. The van der Waals surface area contributed by atoms with Gasteiger partial charge in [0.05, 0.1) is 0 Å². The van der Waals surface area contributed by atoms with Gasteiger partial charge in [-0.25, -0.2) is 8.78 Å². The molecule has 0 unspecified atom stereocenters. The summed E-state index contributed by atoms with van der Waals surface area (Å²) < 4.78 is 34.0. The van der Waals surface area contributed by atoms with Gasteiger partial charge in [-0.1, -0.05) is 48.5 Å². The number of carbonyl (C=O) groups is 2. The first-order chi connectivity index (χ1) is 14.7. The van der Waals surface area contributed by atoms with Gasteiger partial charge >= 0.3 is 5.97 Å². The molecule has 0 heterocycles. The first-order valence-electron chi connectivity index (χ1n) is 9.79. The lowest BCUT2D eigenvalue weighted by Crippen LogP contribution is -2.39. The number of ether oxygens (including phenoxy) is 1. The van der Waals surface area contributed by atoms with Crippen LogP contribution in [0, 0.1) is 11.6 Å². The summed E-state index contributed by atoms with van der Waals surface area (Å²) in [5.74, 6) is -3.66. The third kappa shape index (κ3) is 5.54. The van der Waals surface area contributed by atoms with Crippen molar-refractivity contribution in [3.8, 4) is 11.1 Å². The van der Waals surface area contributed by atoms with Gasteiger partial charge in [-0.2, -0.15) is 0 Å². The predicted octanol–water partition coefficient (Wildman–Crippen LogP) is 5.62. The maximum absolute atomic E-state index is 14.3. The molecule has 0 saturated heterocycles. The summed E-state index contributed by atoms with van der Waals surface area (Å²) >= 11 is 0. The first kappa shape index (κ1) is 22.2. The van der Waals surface area contributed by atoms with Crippen LogP contribution in [0.25, 0.3) is 11.1 Å². The molecule has 0 N–H and O–H groups in total. The molecule has 0 aromatic heterocycles. The molecule has 3 aromatic rings. The fraction of sp³-hybridized carbons (Fsp3) is 0.200. The van der Waals surface area contributed by atoms with Crippen molar-refractivity contribution in [3.05, 3.63) is 90.0 Å². The molecule has 0 bridgehead atoms. The molecule has 0 spiro atoms. The second-order valence-corrected chi connectivity index (χ2v) is 7.99. The number of halogens is 2. The zero-order valence-corrected chi connectivity index (χ0v) is 17.6. The van der Waals surface area contributed by atoms with Crippen molar-refractivity contribution in [2.24, 2.45) is 0 Å². The predicted molar refractivity (Wildman–Crippen MR) is 116 cm³/mol. The minimum atomic E-state index is -1.00. The number of nitrogens with zero attached hydrogens (tertiary/aromatic N) is 1. The van der Waals surface area contributed by atoms with E-state index in [-0.39, 0.29) is 0 Å². The molecule has 6 heteroatoms. The number of benzene rings is 3. The van der Waals surface area contributed by atoms with Gasteiger partial charge in [0, 0.05) is 5.69 Å². The molecule has 0 fully saturated rings. The van der Waals surface area contributed by atoms with Crippen LogP contribution in [-0.4, -0.2) is 24.0 Å². The standard InChI is InChI=1S/C25H23F2NO3/c1-25(2,3)31-22(29)16-28(24(30)23-20(26)13-8-14-21(23)27)19-12-7-11-18(15-19)17-9-5-4-6-10-17/h4-15H,16H2,1-3H3. The van der Waals surface area contributed by atoms with E-state index in [1.54, 1.807) is 39.0 Å². The van der Waals surface area contributed by atoms with Gasteiger partial charge in [0.1, 0.15) is 29.3 Å². The molecule has 4 nitrogen and oxygen atoms in total. The van der Waals surface area contributed by atoms with Gasteiger partial charge < -0.3 is 4.74 Å². The molecule has 160 valence electrons. The number of rotatable bonds is 5. The Hall–Kier alpha value is -3.54. The Labute approximate surface area is 180 Å². The topological polar surface area (TPSA) is 46.6 Å². The molecule has 0 aliphatic heterocycles. The highest BCUT2D eigenvalue weighted by Gasteiger charge is 2.28.